The fraction of sp³-hybridized carbons (Fsp3) is 0.500. The van der Waals surface area contributed by atoms with Gasteiger partial charge in [0.1, 0.15) is 11.2 Å². The number of carbonyl (C=O) groups is 2. The van der Waals surface area contributed by atoms with Crippen LogP contribution in [0.15, 0.2) is 24.7 Å². The molecule has 2 aromatic rings. The smallest absolute Gasteiger partial charge is 0.407 e. The minimum Gasteiger partial charge on any atom is -0.465 e. The zero-order valence-electron chi connectivity index (χ0n) is 17.4. The molecular weight excluding hydrogens is 400 g/mol. The highest BCUT2D eigenvalue weighted by Gasteiger charge is 2.50. The Morgan fingerprint density at radius 3 is 2.87 bits per heavy atom. The molecular formula is C20H24N8O3. The van der Waals surface area contributed by atoms with Crippen LogP contribution in [0.1, 0.15) is 32.7 Å². The van der Waals surface area contributed by atoms with E-state index in [9.17, 15) is 14.9 Å². The van der Waals surface area contributed by atoms with Gasteiger partial charge < -0.3 is 15.3 Å². The number of hydrogen-bond acceptors (Lipinski definition) is 7. The molecule has 0 unspecified atom stereocenters. The molecule has 11 heteroatoms. The van der Waals surface area contributed by atoms with Crippen molar-refractivity contribution in [1.29, 1.82) is 5.26 Å². The Bertz CT molecular complexity index is 1050. The largest absolute Gasteiger partial charge is 0.465 e. The summed E-state index contributed by atoms with van der Waals surface area (Å²) in [5.41, 5.74) is -0.364. The second-order valence-corrected chi connectivity index (χ2v) is 8.19. The highest BCUT2D eigenvalue weighted by molar-refractivity contribution is 6.01. The molecule has 2 aliphatic heterocycles. The van der Waals surface area contributed by atoms with E-state index in [1.54, 1.807) is 34.2 Å². The van der Waals surface area contributed by atoms with E-state index in [2.05, 4.69) is 26.5 Å². The summed E-state index contributed by atoms with van der Waals surface area (Å²) in [6.07, 6.45) is 5.21. The quantitative estimate of drug-likeness (QED) is 0.745. The monoisotopic (exact) mass is 424 g/mol. The van der Waals surface area contributed by atoms with E-state index in [1.165, 1.54) is 4.90 Å². The van der Waals surface area contributed by atoms with Crippen molar-refractivity contribution in [3.63, 3.8) is 0 Å². The molecule has 2 fully saturated rings. The van der Waals surface area contributed by atoms with Crippen LogP contribution in [0.4, 0.5) is 22.2 Å². The molecule has 0 aliphatic carbocycles. The van der Waals surface area contributed by atoms with Gasteiger partial charge in [-0.05, 0) is 24.8 Å². The molecule has 0 bridgehead atoms. The third kappa shape index (κ3) is 3.65. The maximum atomic E-state index is 13.0. The van der Waals surface area contributed by atoms with Crippen LogP contribution in [-0.2, 0) is 4.79 Å². The van der Waals surface area contributed by atoms with Crippen molar-refractivity contribution in [1.82, 2.24) is 24.6 Å². The van der Waals surface area contributed by atoms with Crippen molar-refractivity contribution in [2.24, 2.45) is 11.3 Å². The lowest BCUT2D eigenvalue weighted by atomic mass is 9.77. The maximum Gasteiger partial charge on any atom is 0.407 e. The topological polar surface area (TPSA) is 140 Å². The van der Waals surface area contributed by atoms with Crippen LogP contribution in [0, 0.1) is 22.7 Å². The van der Waals surface area contributed by atoms with Crippen molar-refractivity contribution in [2.45, 2.75) is 32.7 Å². The van der Waals surface area contributed by atoms with Gasteiger partial charge in [0.05, 0.1) is 24.0 Å². The van der Waals surface area contributed by atoms with E-state index < -0.39 is 11.5 Å². The summed E-state index contributed by atoms with van der Waals surface area (Å²) in [5.74, 6) is 0.433. The summed E-state index contributed by atoms with van der Waals surface area (Å²) in [7, 11) is 0. The summed E-state index contributed by atoms with van der Waals surface area (Å²) in [6, 6.07) is 3.85. The number of nitrogens with zero attached hydrogens (tertiary/aromatic N) is 7. The number of carbonyl (C=O) groups excluding carboxylic acids is 1. The van der Waals surface area contributed by atoms with E-state index in [0.29, 0.717) is 49.9 Å². The molecule has 0 radical (unpaired) electrons. The Balaban J connectivity index is 1.47. The number of anilines is 3. The van der Waals surface area contributed by atoms with Gasteiger partial charge in [0.15, 0.2) is 0 Å². The van der Waals surface area contributed by atoms with Gasteiger partial charge in [-0.15, -0.1) is 0 Å². The van der Waals surface area contributed by atoms with E-state index in [0.717, 1.165) is 0 Å². The minimum atomic E-state index is -1.02. The van der Waals surface area contributed by atoms with Crippen molar-refractivity contribution in [3.05, 3.63) is 24.7 Å². The van der Waals surface area contributed by atoms with Crippen LogP contribution in [-0.4, -0.2) is 61.4 Å². The molecule has 0 spiro atoms. The molecule has 2 amide bonds. The summed E-state index contributed by atoms with van der Waals surface area (Å²) in [6.45, 7) is 5.08. The van der Waals surface area contributed by atoms with Crippen LogP contribution < -0.4 is 10.2 Å². The number of carboxylic acid groups (broad SMARTS) is 1. The normalized spacial score (nSPS) is 23.4. The van der Waals surface area contributed by atoms with Gasteiger partial charge in [-0.1, -0.05) is 13.8 Å². The molecule has 2 atom stereocenters. The van der Waals surface area contributed by atoms with Crippen LogP contribution in [0.2, 0.25) is 0 Å². The predicted molar refractivity (Wildman–Crippen MR) is 111 cm³/mol. The number of likely N-dealkylation sites (tertiary alicyclic amines) is 1. The van der Waals surface area contributed by atoms with E-state index in [4.69, 9.17) is 5.11 Å². The highest BCUT2D eigenvalue weighted by atomic mass is 16.4. The Kier molecular flexibility index (Phi) is 5.22. The fourth-order valence-electron chi connectivity index (χ4n) is 4.15. The predicted octanol–water partition coefficient (Wildman–Crippen LogP) is 2.24. The van der Waals surface area contributed by atoms with Crippen molar-refractivity contribution >= 4 is 29.5 Å². The SMILES string of the molecule is CC(C)[C@]1(C#N)CCN(c2ccnc(Nc3cnn([C@H]4CCN(C(=O)O)C4)c3)n2)C1=O. The zero-order valence-corrected chi connectivity index (χ0v) is 17.4. The van der Waals surface area contributed by atoms with Crippen LogP contribution in [0.25, 0.3) is 0 Å². The van der Waals surface area contributed by atoms with Gasteiger partial charge in [0.2, 0.25) is 11.9 Å². The molecule has 2 N–H and O–H groups in total. The fourth-order valence-corrected chi connectivity index (χ4v) is 4.15. The third-order valence-electron chi connectivity index (χ3n) is 6.12. The maximum absolute atomic E-state index is 13.0. The molecule has 31 heavy (non-hydrogen) atoms. The van der Waals surface area contributed by atoms with Gasteiger partial charge in [-0.2, -0.15) is 15.3 Å². The average molecular weight is 424 g/mol. The van der Waals surface area contributed by atoms with E-state index in [1.807, 2.05) is 13.8 Å². The van der Waals surface area contributed by atoms with Gasteiger partial charge in [0.25, 0.3) is 0 Å². The summed E-state index contributed by atoms with van der Waals surface area (Å²) < 4.78 is 1.74. The van der Waals surface area contributed by atoms with Crippen molar-refractivity contribution in [2.75, 3.05) is 29.9 Å². The molecule has 4 heterocycles. The number of nitrogens with one attached hydrogen (secondary N) is 1. The van der Waals surface area contributed by atoms with Gasteiger partial charge >= 0.3 is 6.09 Å². The molecule has 11 nitrogen and oxygen atoms in total. The molecule has 2 aromatic heterocycles. The Morgan fingerprint density at radius 2 is 2.23 bits per heavy atom. The molecule has 0 aromatic carbocycles. The first kappa shape index (κ1) is 20.6. The molecule has 4 rings (SSSR count). The van der Waals surface area contributed by atoms with E-state index >= 15 is 0 Å². The Hall–Kier alpha value is -3.68. The lowest BCUT2D eigenvalue weighted by molar-refractivity contribution is -0.124. The second kappa shape index (κ2) is 7.86. The Morgan fingerprint density at radius 1 is 1.42 bits per heavy atom. The number of hydrogen-bond donors (Lipinski definition) is 2. The summed E-state index contributed by atoms with van der Waals surface area (Å²) in [4.78, 5) is 35.6. The number of aromatic nitrogens is 4. The van der Waals surface area contributed by atoms with Crippen LogP contribution in [0.3, 0.4) is 0 Å². The second-order valence-electron chi connectivity index (χ2n) is 8.19. The molecule has 0 saturated carbocycles. The number of nitriles is 1. The first-order valence-electron chi connectivity index (χ1n) is 10.2. The number of amides is 2. The highest BCUT2D eigenvalue weighted by Crippen LogP contribution is 2.40. The third-order valence-corrected chi connectivity index (χ3v) is 6.12. The zero-order chi connectivity index (χ0) is 22.2. The van der Waals surface area contributed by atoms with Crippen molar-refractivity contribution in [3.8, 4) is 6.07 Å². The van der Waals surface area contributed by atoms with Gasteiger partial charge in [-0.25, -0.2) is 9.78 Å². The number of rotatable bonds is 5. The molecule has 2 aliphatic rings. The average Bonchev–Trinajstić information content (AvgIpc) is 3.46. The van der Waals surface area contributed by atoms with Gasteiger partial charge in [-0.3, -0.25) is 14.4 Å². The van der Waals surface area contributed by atoms with Crippen LogP contribution >= 0.6 is 0 Å². The lowest BCUT2D eigenvalue weighted by Crippen LogP contribution is -2.37. The van der Waals surface area contributed by atoms with Crippen molar-refractivity contribution < 1.29 is 14.7 Å². The summed E-state index contributed by atoms with van der Waals surface area (Å²) >= 11 is 0. The first-order valence-corrected chi connectivity index (χ1v) is 10.2. The van der Waals surface area contributed by atoms with E-state index in [-0.39, 0.29) is 17.9 Å². The summed E-state index contributed by atoms with van der Waals surface area (Å²) in [5, 5.41) is 26.1. The first-order chi connectivity index (χ1) is 14.8. The Labute approximate surface area is 179 Å². The van der Waals surface area contributed by atoms with Crippen LogP contribution in [0.5, 0.6) is 0 Å². The molecule has 162 valence electrons. The molecule has 2 saturated heterocycles. The standard InChI is InChI=1S/C20H24N8O3/c1-13(2)20(12-21)5-8-27(17(20)29)16-3-6-22-18(25-16)24-14-9-23-28(10-14)15-4-7-26(11-15)19(30)31/h3,6,9-10,13,15H,4-5,7-8,11H2,1-2H3,(H,30,31)(H,22,24,25)/t15-,20+/m0/s1. The lowest BCUT2D eigenvalue weighted by Gasteiger charge is -2.24. The minimum absolute atomic E-state index is 0.0173. The van der Waals surface area contributed by atoms with Gasteiger partial charge in [0, 0.05) is 32.0 Å².